The van der Waals surface area contributed by atoms with Crippen molar-refractivity contribution in [3.05, 3.63) is 46.5 Å². The number of aromatic nitrogens is 1. The van der Waals surface area contributed by atoms with Crippen LogP contribution in [-0.4, -0.2) is 30.2 Å². The van der Waals surface area contributed by atoms with E-state index >= 15 is 0 Å². The summed E-state index contributed by atoms with van der Waals surface area (Å²) >= 11 is 0. The Kier molecular flexibility index (Phi) is 4.70. The van der Waals surface area contributed by atoms with E-state index in [2.05, 4.69) is 5.32 Å². The molecule has 112 valence electrons. The molecule has 2 rings (SSSR count). The Labute approximate surface area is 121 Å². The van der Waals surface area contributed by atoms with Crippen LogP contribution in [0.15, 0.2) is 35.3 Å². The van der Waals surface area contributed by atoms with Crippen LogP contribution in [0.3, 0.4) is 0 Å². The van der Waals surface area contributed by atoms with Gasteiger partial charge in [-0.15, -0.1) is 0 Å². The fraction of sp³-hybridized carbons (Fsp3) is 0.333. The quantitative estimate of drug-likeness (QED) is 0.903. The van der Waals surface area contributed by atoms with Crippen molar-refractivity contribution in [1.29, 1.82) is 0 Å². The van der Waals surface area contributed by atoms with E-state index < -0.39 is 5.82 Å². The van der Waals surface area contributed by atoms with Crippen LogP contribution in [0.1, 0.15) is 6.92 Å². The van der Waals surface area contributed by atoms with Crippen molar-refractivity contribution in [2.24, 2.45) is 0 Å². The molecular weight excluding hydrogens is 275 g/mol. The third kappa shape index (κ3) is 3.66. The fourth-order valence-electron chi connectivity index (χ4n) is 2.19. The summed E-state index contributed by atoms with van der Waals surface area (Å²) in [6.45, 7) is 2.30. The number of nitrogens with zero attached hydrogens (tertiary/aromatic N) is 1. The largest absolute Gasteiger partial charge is 0.383 e. The molecular formula is C15H17FN2O3. The van der Waals surface area contributed by atoms with Crippen molar-refractivity contribution in [2.75, 3.05) is 13.7 Å². The number of rotatable bonds is 5. The lowest BCUT2D eigenvalue weighted by atomic mass is 10.2. The maximum atomic E-state index is 13.2. The van der Waals surface area contributed by atoms with Crippen LogP contribution in [0, 0.1) is 5.82 Å². The van der Waals surface area contributed by atoms with E-state index in [0.717, 1.165) is 0 Å². The summed E-state index contributed by atoms with van der Waals surface area (Å²) in [5, 5.41) is 3.04. The molecule has 2 aromatic rings. The summed E-state index contributed by atoms with van der Waals surface area (Å²) in [4.78, 5) is 23.7. The topological polar surface area (TPSA) is 60.3 Å². The van der Waals surface area contributed by atoms with Crippen molar-refractivity contribution in [1.82, 2.24) is 9.88 Å². The zero-order valence-corrected chi connectivity index (χ0v) is 11.9. The fourth-order valence-corrected chi connectivity index (χ4v) is 2.19. The Bertz CT molecular complexity index is 712. The number of methoxy groups -OCH3 is 1. The van der Waals surface area contributed by atoms with Crippen molar-refractivity contribution in [3.63, 3.8) is 0 Å². The number of carbonyl (C=O) groups is 1. The number of amides is 1. The van der Waals surface area contributed by atoms with Gasteiger partial charge in [-0.3, -0.25) is 9.59 Å². The molecule has 1 N–H and O–H groups in total. The molecule has 0 radical (unpaired) electrons. The number of halogens is 1. The van der Waals surface area contributed by atoms with E-state index in [-0.39, 0.29) is 29.3 Å². The minimum atomic E-state index is -0.476. The number of pyridine rings is 1. The van der Waals surface area contributed by atoms with Gasteiger partial charge in [-0.25, -0.2) is 4.39 Å². The van der Waals surface area contributed by atoms with Gasteiger partial charge in [-0.2, -0.15) is 0 Å². The van der Waals surface area contributed by atoms with Crippen LogP contribution < -0.4 is 10.7 Å². The van der Waals surface area contributed by atoms with Crippen molar-refractivity contribution < 1.29 is 13.9 Å². The molecule has 0 unspecified atom stereocenters. The lowest BCUT2D eigenvalue weighted by molar-refractivity contribution is -0.122. The minimum absolute atomic E-state index is 0.0521. The Morgan fingerprint density at radius 2 is 2.19 bits per heavy atom. The van der Waals surface area contributed by atoms with Crippen molar-refractivity contribution in [2.45, 2.75) is 19.5 Å². The normalized spacial score (nSPS) is 12.3. The molecule has 21 heavy (non-hydrogen) atoms. The van der Waals surface area contributed by atoms with Gasteiger partial charge < -0.3 is 14.6 Å². The molecule has 1 heterocycles. The zero-order valence-electron chi connectivity index (χ0n) is 11.9. The summed E-state index contributed by atoms with van der Waals surface area (Å²) in [6.07, 6.45) is 1.53. The predicted molar refractivity (Wildman–Crippen MR) is 77.6 cm³/mol. The van der Waals surface area contributed by atoms with E-state index in [9.17, 15) is 14.0 Å². The van der Waals surface area contributed by atoms with Gasteiger partial charge in [0.25, 0.3) is 0 Å². The third-order valence-corrected chi connectivity index (χ3v) is 3.08. The molecule has 1 aromatic carbocycles. The predicted octanol–water partition coefficient (Wildman–Crippen LogP) is 1.29. The monoisotopic (exact) mass is 292 g/mol. The zero-order chi connectivity index (χ0) is 15.4. The smallest absolute Gasteiger partial charge is 0.240 e. The first-order valence-corrected chi connectivity index (χ1v) is 6.58. The number of carbonyl (C=O) groups excluding carboxylic acids is 1. The van der Waals surface area contributed by atoms with Crippen molar-refractivity contribution >= 4 is 16.8 Å². The van der Waals surface area contributed by atoms with Gasteiger partial charge >= 0.3 is 0 Å². The van der Waals surface area contributed by atoms with E-state index in [0.29, 0.717) is 12.1 Å². The summed E-state index contributed by atoms with van der Waals surface area (Å²) in [5.41, 5.74) is 0.257. The molecule has 0 aliphatic carbocycles. The second kappa shape index (κ2) is 6.49. The van der Waals surface area contributed by atoms with Gasteiger partial charge in [0.15, 0.2) is 5.43 Å². The van der Waals surface area contributed by atoms with Gasteiger partial charge in [0.1, 0.15) is 12.4 Å². The number of hydrogen-bond acceptors (Lipinski definition) is 3. The van der Waals surface area contributed by atoms with E-state index in [1.165, 1.54) is 30.5 Å². The Hall–Kier alpha value is -2.21. The Balaban J connectivity index is 2.25. The van der Waals surface area contributed by atoms with E-state index in [4.69, 9.17) is 4.74 Å². The lowest BCUT2D eigenvalue weighted by Crippen LogP contribution is -2.37. The van der Waals surface area contributed by atoms with Crippen LogP contribution in [0.4, 0.5) is 4.39 Å². The molecule has 0 saturated heterocycles. The van der Waals surface area contributed by atoms with Gasteiger partial charge in [0, 0.05) is 30.8 Å². The van der Waals surface area contributed by atoms with Crippen LogP contribution in [0.25, 0.3) is 10.9 Å². The molecule has 0 saturated carbocycles. The number of benzene rings is 1. The Morgan fingerprint density at radius 3 is 2.90 bits per heavy atom. The molecule has 0 spiro atoms. The highest BCUT2D eigenvalue weighted by atomic mass is 19.1. The second-order valence-electron chi connectivity index (χ2n) is 4.89. The number of nitrogens with one attached hydrogen (secondary N) is 1. The summed E-state index contributed by atoms with van der Waals surface area (Å²) < 4.78 is 19.8. The van der Waals surface area contributed by atoms with Crippen LogP contribution in [0.2, 0.25) is 0 Å². The third-order valence-electron chi connectivity index (χ3n) is 3.08. The number of ether oxygens (including phenoxy) is 1. The van der Waals surface area contributed by atoms with E-state index in [1.807, 2.05) is 6.92 Å². The average molecular weight is 292 g/mol. The average Bonchev–Trinajstić information content (AvgIpc) is 2.42. The minimum Gasteiger partial charge on any atom is -0.383 e. The molecule has 6 heteroatoms. The van der Waals surface area contributed by atoms with Gasteiger partial charge in [0.2, 0.25) is 5.91 Å². The highest BCUT2D eigenvalue weighted by Gasteiger charge is 2.10. The second-order valence-corrected chi connectivity index (χ2v) is 4.89. The van der Waals surface area contributed by atoms with Gasteiger partial charge in [0.05, 0.1) is 12.1 Å². The van der Waals surface area contributed by atoms with Crippen LogP contribution in [-0.2, 0) is 16.1 Å². The molecule has 0 fully saturated rings. The first-order valence-electron chi connectivity index (χ1n) is 6.58. The summed E-state index contributed by atoms with van der Waals surface area (Å²) in [5.74, 6) is -0.677. The van der Waals surface area contributed by atoms with Crippen LogP contribution >= 0.6 is 0 Å². The first kappa shape index (κ1) is 15.2. The van der Waals surface area contributed by atoms with Gasteiger partial charge in [-0.05, 0) is 25.1 Å². The molecule has 0 aliphatic heterocycles. The summed E-state index contributed by atoms with van der Waals surface area (Å²) in [6, 6.07) is 5.17. The lowest BCUT2D eigenvalue weighted by Gasteiger charge is -2.15. The summed E-state index contributed by atoms with van der Waals surface area (Å²) in [7, 11) is 1.56. The highest BCUT2D eigenvalue weighted by molar-refractivity contribution is 5.82. The molecule has 0 bridgehead atoms. The molecule has 1 amide bonds. The number of hydrogen-bond donors (Lipinski definition) is 1. The van der Waals surface area contributed by atoms with Crippen molar-refractivity contribution in [3.8, 4) is 0 Å². The highest BCUT2D eigenvalue weighted by Crippen LogP contribution is 2.11. The maximum Gasteiger partial charge on any atom is 0.240 e. The number of fused-ring (bicyclic) bond motifs is 1. The standard InChI is InChI=1S/C15H17FN2O3/c1-10(9-21-2)17-15(20)8-18-6-5-14(19)12-7-11(16)3-4-13(12)18/h3-7,10H,8-9H2,1-2H3,(H,17,20)/t10-/m0/s1. The van der Waals surface area contributed by atoms with Crippen LogP contribution in [0.5, 0.6) is 0 Å². The molecule has 1 atom stereocenters. The van der Waals surface area contributed by atoms with Gasteiger partial charge in [-0.1, -0.05) is 0 Å². The van der Waals surface area contributed by atoms with E-state index in [1.54, 1.807) is 11.7 Å². The molecule has 1 aromatic heterocycles. The SMILES string of the molecule is COC[C@H](C)NC(=O)Cn1ccc(=O)c2cc(F)ccc21. The molecule has 5 nitrogen and oxygen atoms in total. The Morgan fingerprint density at radius 1 is 1.43 bits per heavy atom. The first-order chi connectivity index (χ1) is 10.0. The molecule has 0 aliphatic rings. The maximum absolute atomic E-state index is 13.2.